The molecule has 3 heterocycles. The molecule has 0 spiro atoms. The van der Waals surface area contributed by atoms with Gasteiger partial charge in [0, 0.05) is 47.7 Å². The Bertz CT molecular complexity index is 986. The van der Waals surface area contributed by atoms with Crippen LogP contribution in [-0.4, -0.2) is 34.3 Å². The predicted octanol–water partition coefficient (Wildman–Crippen LogP) is 4.77. The third-order valence-electron chi connectivity index (χ3n) is 5.23. The third-order valence-corrected chi connectivity index (χ3v) is 5.23. The van der Waals surface area contributed by atoms with Gasteiger partial charge in [0.15, 0.2) is 5.82 Å². The minimum absolute atomic E-state index is 0.232. The molecule has 3 aromatic rings. The minimum Gasteiger partial charge on any atom is -0.490 e. The Labute approximate surface area is 171 Å². The lowest BCUT2D eigenvalue weighted by Crippen LogP contribution is -2.26. The van der Waals surface area contributed by atoms with Gasteiger partial charge in [0.2, 0.25) is 0 Å². The largest absolute Gasteiger partial charge is 0.490 e. The molecule has 2 aromatic heterocycles. The van der Waals surface area contributed by atoms with Crippen LogP contribution >= 0.6 is 0 Å². The maximum Gasteiger partial charge on any atom is 0.161 e. The summed E-state index contributed by atoms with van der Waals surface area (Å²) >= 11 is 0. The predicted molar refractivity (Wildman–Crippen MR) is 114 cm³/mol. The van der Waals surface area contributed by atoms with Crippen LogP contribution in [0.3, 0.4) is 0 Å². The smallest absolute Gasteiger partial charge is 0.161 e. The average molecular weight is 390 g/mol. The molecule has 6 nitrogen and oxygen atoms in total. The molecule has 1 fully saturated rings. The van der Waals surface area contributed by atoms with Gasteiger partial charge in [0.05, 0.1) is 13.2 Å². The summed E-state index contributed by atoms with van der Waals surface area (Å²) in [6.45, 7) is 7.65. The zero-order valence-electron chi connectivity index (χ0n) is 17.1. The van der Waals surface area contributed by atoms with Gasteiger partial charge in [-0.05, 0) is 56.7 Å². The second kappa shape index (κ2) is 8.57. The average Bonchev–Trinajstić information content (AvgIpc) is 2.74. The van der Waals surface area contributed by atoms with E-state index in [1.807, 2.05) is 38.1 Å². The number of benzene rings is 1. The van der Waals surface area contributed by atoms with E-state index in [2.05, 4.69) is 28.3 Å². The third kappa shape index (κ3) is 4.54. The Kier molecular flexibility index (Phi) is 5.71. The van der Waals surface area contributed by atoms with Gasteiger partial charge >= 0.3 is 0 Å². The summed E-state index contributed by atoms with van der Waals surface area (Å²) in [4.78, 5) is 13.5. The second-order valence-electron chi connectivity index (χ2n) is 7.38. The zero-order chi connectivity index (χ0) is 20.2. The number of pyridine rings is 1. The maximum absolute atomic E-state index is 6.17. The molecular formula is C23H26N4O2. The van der Waals surface area contributed by atoms with Crippen molar-refractivity contribution in [3.05, 3.63) is 59.5 Å². The van der Waals surface area contributed by atoms with Crippen molar-refractivity contribution in [2.24, 2.45) is 0 Å². The van der Waals surface area contributed by atoms with E-state index in [-0.39, 0.29) is 6.10 Å². The first-order chi connectivity index (χ1) is 14.1. The van der Waals surface area contributed by atoms with E-state index in [4.69, 9.17) is 14.5 Å². The number of aromatic nitrogens is 3. The maximum atomic E-state index is 6.17. The Balaban J connectivity index is 1.55. The fourth-order valence-corrected chi connectivity index (χ4v) is 3.35. The second-order valence-corrected chi connectivity index (χ2v) is 7.38. The van der Waals surface area contributed by atoms with E-state index in [9.17, 15) is 0 Å². The first-order valence-corrected chi connectivity index (χ1v) is 9.98. The lowest BCUT2D eigenvalue weighted by molar-refractivity contribution is 0.0253. The molecule has 0 amide bonds. The minimum atomic E-state index is 0.232. The molecule has 1 aliphatic heterocycles. The molecule has 6 heteroatoms. The lowest BCUT2D eigenvalue weighted by atomic mass is 10.1. The van der Waals surface area contributed by atoms with E-state index < -0.39 is 0 Å². The first kappa shape index (κ1) is 19.3. The number of anilines is 2. The molecule has 0 atom stereocenters. The van der Waals surface area contributed by atoms with Gasteiger partial charge in [-0.2, -0.15) is 0 Å². The molecular weight excluding hydrogens is 364 g/mol. The topological polar surface area (TPSA) is 69.2 Å². The van der Waals surface area contributed by atoms with Gasteiger partial charge < -0.3 is 14.8 Å². The van der Waals surface area contributed by atoms with E-state index in [1.165, 1.54) is 0 Å². The molecule has 0 saturated carbocycles. The molecule has 1 aromatic carbocycles. The van der Waals surface area contributed by atoms with Crippen molar-refractivity contribution in [2.45, 2.75) is 39.7 Å². The van der Waals surface area contributed by atoms with Crippen LogP contribution in [0.2, 0.25) is 0 Å². The Morgan fingerprint density at radius 2 is 1.76 bits per heavy atom. The van der Waals surface area contributed by atoms with Crippen LogP contribution in [0.4, 0.5) is 11.5 Å². The summed E-state index contributed by atoms with van der Waals surface area (Å²) in [5.74, 6) is 2.42. The Morgan fingerprint density at radius 1 is 1.00 bits per heavy atom. The molecule has 4 rings (SSSR count). The van der Waals surface area contributed by atoms with Gasteiger partial charge in [0.1, 0.15) is 17.7 Å². The number of aryl methyl sites for hydroxylation is 2. The van der Waals surface area contributed by atoms with Gasteiger partial charge in [0.25, 0.3) is 0 Å². The fraction of sp³-hybridized carbons (Fsp3) is 0.348. The quantitative estimate of drug-likeness (QED) is 0.677. The molecule has 1 aliphatic rings. The van der Waals surface area contributed by atoms with Crippen molar-refractivity contribution in [3.63, 3.8) is 0 Å². The summed E-state index contributed by atoms with van der Waals surface area (Å²) in [6.07, 6.45) is 5.62. The van der Waals surface area contributed by atoms with Crippen molar-refractivity contribution < 1.29 is 9.47 Å². The van der Waals surface area contributed by atoms with Crippen molar-refractivity contribution in [1.82, 2.24) is 15.0 Å². The van der Waals surface area contributed by atoms with Crippen LogP contribution in [0.5, 0.6) is 5.75 Å². The fourth-order valence-electron chi connectivity index (χ4n) is 3.35. The molecule has 0 bridgehead atoms. The van der Waals surface area contributed by atoms with Crippen molar-refractivity contribution in [1.29, 1.82) is 0 Å². The van der Waals surface area contributed by atoms with Crippen molar-refractivity contribution >= 4 is 11.5 Å². The van der Waals surface area contributed by atoms with E-state index in [0.29, 0.717) is 5.82 Å². The van der Waals surface area contributed by atoms with Crippen LogP contribution in [0.1, 0.15) is 29.7 Å². The molecule has 150 valence electrons. The van der Waals surface area contributed by atoms with Gasteiger partial charge in [-0.3, -0.25) is 4.98 Å². The summed E-state index contributed by atoms with van der Waals surface area (Å²) in [5, 5.41) is 3.45. The number of nitrogens with zero attached hydrogens (tertiary/aromatic N) is 3. The van der Waals surface area contributed by atoms with Crippen LogP contribution in [0.25, 0.3) is 11.4 Å². The number of rotatable bonds is 5. The number of nitrogens with one attached hydrogen (secondary N) is 1. The monoisotopic (exact) mass is 390 g/mol. The summed E-state index contributed by atoms with van der Waals surface area (Å²) in [7, 11) is 0. The van der Waals surface area contributed by atoms with Crippen molar-refractivity contribution in [3.8, 4) is 17.1 Å². The van der Waals surface area contributed by atoms with Gasteiger partial charge in [-0.1, -0.05) is 0 Å². The first-order valence-electron chi connectivity index (χ1n) is 9.98. The van der Waals surface area contributed by atoms with Gasteiger partial charge in [-0.15, -0.1) is 0 Å². The molecule has 0 unspecified atom stereocenters. The van der Waals surface area contributed by atoms with Crippen LogP contribution < -0.4 is 10.1 Å². The van der Waals surface area contributed by atoms with Gasteiger partial charge in [-0.25, -0.2) is 9.97 Å². The number of ether oxygens (including phenoxy) is 2. The Hall–Kier alpha value is -2.99. The summed E-state index contributed by atoms with van der Waals surface area (Å²) in [5.41, 5.74) is 5.00. The number of hydrogen-bond acceptors (Lipinski definition) is 6. The number of hydrogen-bond donors (Lipinski definition) is 1. The molecule has 0 radical (unpaired) electrons. The van der Waals surface area contributed by atoms with E-state index in [1.54, 1.807) is 12.4 Å². The van der Waals surface area contributed by atoms with E-state index >= 15 is 0 Å². The molecule has 0 aliphatic carbocycles. The Morgan fingerprint density at radius 3 is 2.48 bits per heavy atom. The normalized spacial score (nSPS) is 14.6. The SMILES string of the molecule is Cc1cc(Nc2nc(-c3ccncc3)nc(C)c2C)ccc1OC1CCOCC1. The van der Waals surface area contributed by atoms with Crippen LogP contribution in [-0.2, 0) is 4.74 Å². The summed E-state index contributed by atoms with van der Waals surface area (Å²) < 4.78 is 11.6. The van der Waals surface area contributed by atoms with Crippen LogP contribution in [0.15, 0.2) is 42.7 Å². The summed E-state index contributed by atoms with van der Waals surface area (Å²) in [6, 6.07) is 9.99. The lowest BCUT2D eigenvalue weighted by Gasteiger charge is -2.24. The molecule has 29 heavy (non-hydrogen) atoms. The standard InChI is InChI=1S/C23H26N4O2/c1-15-14-19(4-5-21(15)29-20-8-12-28-13-9-20)26-22-16(2)17(3)25-23(27-22)18-6-10-24-11-7-18/h4-7,10-11,14,20H,8-9,12-13H2,1-3H3,(H,25,26,27). The van der Waals surface area contributed by atoms with E-state index in [0.717, 1.165) is 65.7 Å². The highest BCUT2D eigenvalue weighted by Gasteiger charge is 2.16. The molecule has 1 saturated heterocycles. The van der Waals surface area contributed by atoms with Crippen LogP contribution in [0, 0.1) is 20.8 Å². The highest BCUT2D eigenvalue weighted by molar-refractivity contribution is 5.65. The highest BCUT2D eigenvalue weighted by atomic mass is 16.5. The molecule has 1 N–H and O–H groups in total. The highest BCUT2D eigenvalue weighted by Crippen LogP contribution is 2.28. The zero-order valence-corrected chi connectivity index (χ0v) is 17.1. The van der Waals surface area contributed by atoms with Crippen molar-refractivity contribution in [2.75, 3.05) is 18.5 Å².